The summed E-state index contributed by atoms with van der Waals surface area (Å²) < 4.78 is 16.7. The lowest BCUT2D eigenvalue weighted by atomic mass is 10.1. The first-order chi connectivity index (χ1) is 15.7. The van der Waals surface area contributed by atoms with Crippen molar-refractivity contribution in [3.63, 3.8) is 0 Å². The summed E-state index contributed by atoms with van der Waals surface area (Å²) in [4.78, 5) is 17.7. The van der Waals surface area contributed by atoms with E-state index >= 15 is 0 Å². The smallest absolute Gasteiger partial charge is 0.263 e. The predicted octanol–water partition coefficient (Wildman–Crippen LogP) is 5.92. The Morgan fingerprint density at radius 3 is 2.41 bits per heavy atom. The number of oxazole rings is 1. The molecule has 1 heterocycles. The Kier molecular flexibility index (Phi) is 4.95. The number of nitrogens with zero attached hydrogens (tertiary/aromatic N) is 1. The number of fused-ring (bicyclic) bond motifs is 3. The third-order valence-corrected chi connectivity index (χ3v) is 5.31. The number of ether oxygens (including phenoxy) is 2. The van der Waals surface area contributed by atoms with E-state index in [-0.39, 0.29) is 5.91 Å². The van der Waals surface area contributed by atoms with Gasteiger partial charge in [0.05, 0.1) is 14.2 Å². The van der Waals surface area contributed by atoms with E-state index in [1.807, 2.05) is 54.6 Å². The molecule has 6 nitrogen and oxygen atoms in total. The first kappa shape index (κ1) is 19.6. The van der Waals surface area contributed by atoms with Crippen molar-refractivity contribution in [2.24, 2.45) is 0 Å². The molecule has 0 spiro atoms. The monoisotopic (exact) mass is 424 g/mol. The zero-order valence-corrected chi connectivity index (χ0v) is 17.6. The van der Waals surface area contributed by atoms with E-state index < -0.39 is 0 Å². The molecule has 0 bridgehead atoms. The van der Waals surface area contributed by atoms with Crippen LogP contribution in [0.4, 0.5) is 5.69 Å². The van der Waals surface area contributed by atoms with E-state index in [1.165, 1.54) is 14.2 Å². The molecule has 32 heavy (non-hydrogen) atoms. The van der Waals surface area contributed by atoms with Crippen molar-refractivity contribution >= 4 is 33.5 Å². The Morgan fingerprint density at radius 1 is 0.875 bits per heavy atom. The number of hydrogen-bond donors (Lipinski definition) is 1. The fourth-order valence-electron chi connectivity index (χ4n) is 3.78. The van der Waals surface area contributed by atoms with Crippen LogP contribution in [0.2, 0.25) is 0 Å². The molecule has 0 unspecified atom stereocenters. The summed E-state index contributed by atoms with van der Waals surface area (Å²) in [5.74, 6) is 1.02. The van der Waals surface area contributed by atoms with Gasteiger partial charge in [0, 0.05) is 16.6 Å². The first-order valence-electron chi connectivity index (χ1n) is 10.1. The van der Waals surface area contributed by atoms with Gasteiger partial charge in [-0.1, -0.05) is 42.5 Å². The van der Waals surface area contributed by atoms with E-state index in [4.69, 9.17) is 18.9 Å². The molecule has 1 N–H and O–H groups in total. The van der Waals surface area contributed by atoms with Crippen molar-refractivity contribution in [3.05, 3.63) is 84.4 Å². The lowest BCUT2D eigenvalue weighted by molar-refractivity contribution is 0.102. The molecule has 1 amide bonds. The normalized spacial score (nSPS) is 10.9. The quantitative estimate of drug-likeness (QED) is 0.379. The Morgan fingerprint density at radius 2 is 1.62 bits per heavy atom. The fraction of sp³-hybridized carbons (Fsp3) is 0.0769. The molecule has 0 saturated heterocycles. The van der Waals surface area contributed by atoms with Crippen LogP contribution in [0, 0.1) is 0 Å². The summed E-state index contributed by atoms with van der Waals surface area (Å²) in [5, 5.41) is 5.05. The van der Waals surface area contributed by atoms with E-state index in [2.05, 4.69) is 5.32 Å². The Labute approximate surface area is 184 Å². The molecule has 5 aromatic rings. The molecule has 0 aliphatic carbocycles. The van der Waals surface area contributed by atoms with Crippen LogP contribution < -0.4 is 14.8 Å². The molecule has 5 rings (SSSR count). The van der Waals surface area contributed by atoms with Gasteiger partial charge in [0.15, 0.2) is 5.58 Å². The molecule has 1 aromatic heterocycles. The number of amides is 1. The van der Waals surface area contributed by atoms with Crippen molar-refractivity contribution in [2.45, 2.75) is 0 Å². The SMILES string of the molecule is COc1cccc(OC)c1C(=O)Nc1cccc(-c2nc3c(ccc4ccccc43)o2)c1. The van der Waals surface area contributed by atoms with Crippen LogP contribution >= 0.6 is 0 Å². The molecule has 0 fully saturated rings. The average Bonchev–Trinajstić information content (AvgIpc) is 3.28. The summed E-state index contributed by atoms with van der Waals surface area (Å²) >= 11 is 0. The first-order valence-corrected chi connectivity index (χ1v) is 10.1. The summed E-state index contributed by atoms with van der Waals surface area (Å²) in [6.45, 7) is 0. The van der Waals surface area contributed by atoms with E-state index in [1.54, 1.807) is 24.3 Å². The minimum Gasteiger partial charge on any atom is -0.496 e. The van der Waals surface area contributed by atoms with Gasteiger partial charge in [-0.2, -0.15) is 0 Å². The number of carbonyl (C=O) groups excluding carboxylic acids is 1. The highest BCUT2D eigenvalue weighted by Crippen LogP contribution is 2.32. The van der Waals surface area contributed by atoms with Crippen LogP contribution in [0.25, 0.3) is 33.3 Å². The summed E-state index contributed by atoms with van der Waals surface area (Å²) in [5.41, 5.74) is 3.22. The zero-order valence-electron chi connectivity index (χ0n) is 17.6. The summed E-state index contributed by atoms with van der Waals surface area (Å²) in [7, 11) is 3.03. The van der Waals surface area contributed by atoms with Crippen molar-refractivity contribution in [2.75, 3.05) is 19.5 Å². The molecule has 6 heteroatoms. The second kappa shape index (κ2) is 8.07. The number of methoxy groups -OCH3 is 2. The molecule has 0 aliphatic heterocycles. The molecular formula is C26H20N2O4. The van der Waals surface area contributed by atoms with Crippen LogP contribution in [0.3, 0.4) is 0 Å². The lowest BCUT2D eigenvalue weighted by Gasteiger charge is -2.13. The fourth-order valence-corrected chi connectivity index (χ4v) is 3.78. The van der Waals surface area contributed by atoms with Crippen molar-refractivity contribution < 1.29 is 18.7 Å². The minimum absolute atomic E-state index is 0.330. The van der Waals surface area contributed by atoms with Gasteiger partial charge in [0.2, 0.25) is 5.89 Å². The second-order valence-electron chi connectivity index (χ2n) is 7.22. The molecule has 4 aromatic carbocycles. The Bertz CT molecular complexity index is 1430. The molecular weight excluding hydrogens is 404 g/mol. The number of hydrogen-bond acceptors (Lipinski definition) is 5. The molecule has 0 aliphatic rings. The van der Waals surface area contributed by atoms with Crippen molar-refractivity contribution in [1.29, 1.82) is 0 Å². The van der Waals surface area contributed by atoms with E-state index in [9.17, 15) is 4.79 Å². The van der Waals surface area contributed by atoms with Gasteiger partial charge in [-0.25, -0.2) is 4.98 Å². The van der Waals surface area contributed by atoms with Crippen LogP contribution in [0.1, 0.15) is 10.4 Å². The topological polar surface area (TPSA) is 73.6 Å². The van der Waals surface area contributed by atoms with Gasteiger partial charge in [-0.05, 0) is 41.8 Å². The molecule has 0 atom stereocenters. The number of carbonyl (C=O) groups is 1. The standard InChI is InChI=1S/C26H20N2O4/c1-30-20-11-6-12-21(31-2)23(20)25(29)27-18-9-5-8-17(15-18)26-28-24-19-10-4-3-7-16(19)13-14-22(24)32-26/h3-15H,1-2H3,(H,27,29). The molecule has 158 valence electrons. The molecule has 0 saturated carbocycles. The minimum atomic E-state index is -0.333. The number of aromatic nitrogens is 1. The molecule has 0 radical (unpaired) electrons. The van der Waals surface area contributed by atoms with Crippen LogP contribution in [-0.4, -0.2) is 25.1 Å². The number of rotatable bonds is 5. The number of anilines is 1. The van der Waals surface area contributed by atoms with Crippen molar-refractivity contribution in [3.8, 4) is 23.0 Å². The van der Waals surface area contributed by atoms with Crippen LogP contribution in [-0.2, 0) is 0 Å². The maximum absolute atomic E-state index is 13.0. The zero-order chi connectivity index (χ0) is 22.1. The van der Waals surface area contributed by atoms with Gasteiger partial charge >= 0.3 is 0 Å². The maximum atomic E-state index is 13.0. The highest BCUT2D eigenvalue weighted by molar-refractivity contribution is 6.08. The van der Waals surface area contributed by atoms with E-state index in [0.29, 0.717) is 34.2 Å². The third kappa shape index (κ3) is 3.41. The van der Waals surface area contributed by atoms with Gasteiger partial charge in [-0.3, -0.25) is 4.79 Å². The van der Waals surface area contributed by atoms with E-state index in [0.717, 1.165) is 21.9 Å². The highest BCUT2D eigenvalue weighted by atomic mass is 16.5. The Balaban J connectivity index is 1.50. The predicted molar refractivity (Wildman–Crippen MR) is 124 cm³/mol. The summed E-state index contributed by atoms with van der Waals surface area (Å²) in [6, 6.07) is 24.6. The van der Waals surface area contributed by atoms with Crippen LogP contribution in [0.15, 0.2) is 83.3 Å². The average molecular weight is 424 g/mol. The maximum Gasteiger partial charge on any atom is 0.263 e. The largest absolute Gasteiger partial charge is 0.496 e. The van der Waals surface area contributed by atoms with Gasteiger partial charge in [0.1, 0.15) is 22.6 Å². The third-order valence-electron chi connectivity index (χ3n) is 5.31. The van der Waals surface area contributed by atoms with Gasteiger partial charge < -0.3 is 19.2 Å². The highest BCUT2D eigenvalue weighted by Gasteiger charge is 2.19. The number of benzene rings is 4. The Hall–Kier alpha value is -4.32. The van der Waals surface area contributed by atoms with Crippen LogP contribution in [0.5, 0.6) is 11.5 Å². The van der Waals surface area contributed by atoms with Crippen molar-refractivity contribution in [1.82, 2.24) is 4.98 Å². The van der Waals surface area contributed by atoms with Gasteiger partial charge in [-0.15, -0.1) is 0 Å². The second-order valence-corrected chi connectivity index (χ2v) is 7.22. The summed E-state index contributed by atoms with van der Waals surface area (Å²) in [6.07, 6.45) is 0. The number of nitrogens with one attached hydrogen (secondary N) is 1. The lowest BCUT2D eigenvalue weighted by Crippen LogP contribution is -2.14. The van der Waals surface area contributed by atoms with Gasteiger partial charge in [0.25, 0.3) is 5.91 Å².